The summed E-state index contributed by atoms with van der Waals surface area (Å²) in [6.07, 6.45) is 4.57. The molecule has 0 bridgehead atoms. The second kappa shape index (κ2) is 5.78. The summed E-state index contributed by atoms with van der Waals surface area (Å²) in [5.74, 6) is 2.20. The lowest BCUT2D eigenvalue weighted by molar-refractivity contribution is 0.635. The van der Waals surface area contributed by atoms with Crippen LogP contribution in [-0.4, -0.2) is 22.0 Å². The molecule has 2 rings (SSSR count). The fraction of sp³-hybridized carbons (Fsp3) is 0.400. The van der Waals surface area contributed by atoms with Crippen molar-refractivity contribution in [2.45, 2.75) is 27.2 Å². The lowest BCUT2D eigenvalue weighted by Crippen LogP contribution is -2.04. The number of rotatable bonds is 4. The molecule has 0 saturated carbocycles. The molecular formula is C15H20N4. The highest BCUT2D eigenvalue weighted by Gasteiger charge is 2.09. The second-order valence-electron chi connectivity index (χ2n) is 5.11. The van der Waals surface area contributed by atoms with Crippen LogP contribution in [0.15, 0.2) is 24.5 Å². The van der Waals surface area contributed by atoms with Crippen molar-refractivity contribution in [1.29, 1.82) is 0 Å². The van der Waals surface area contributed by atoms with Gasteiger partial charge in [-0.05, 0) is 30.9 Å². The number of nitrogens with zero attached hydrogens (tertiary/aromatic N) is 3. The minimum atomic E-state index is 0.575. The SMILES string of the molecule is CNc1cc(CC(C)C)nc(-c2ccncc2C)n1. The molecule has 4 nitrogen and oxygen atoms in total. The predicted octanol–water partition coefficient (Wildman–Crippen LogP) is 3.09. The minimum Gasteiger partial charge on any atom is -0.373 e. The van der Waals surface area contributed by atoms with Crippen molar-refractivity contribution in [3.8, 4) is 11.4 Å². The monoisotopic (exact) mass is 256 g/mol. The molecule has 0 unspecified atom stereocenters. The number of anilines is 1. The van der Waals surface area contributed by atoms with E-state index in [-0.39, 0.29) is 0 Å². The summed E-state index contributed by atoms with van der Waals surface area (Å²) in [6.45, 7) is 6.41. The molecule has 2 heterocycles. The molecule has 0 fully saturated rings. The first-order valence-electron chi connectivity index (χ1n) is 6.57. The number of hydrogen-bond acceptors (Lipinski definition) is 4. The van der Waals surface area contributed by atoms with Crippen LogP contribution in [0.4, 0.5) is 5.82 Å². The molecule has 1 N–H and O–H groups in total. The van der Waals surface area contributed by atoms with Crippen LogP contribution in [0, 0.1) is 12.8 Å². The van der Waals surface area contributed by atoms with E-state index in [9.17, 15) is 0 Å². The van der Waals surface area contributed by atoms with Gasteiger partial charge in [0.25, 0.3) is 0 Å². The first-order valence-corrected chi connectivity index (χ1v) is 6.57. The van der Waals surface area contributed by atoms with E-state index >= 15 is 0 Å². The van der Waals surface area contributed by atoms with Gasteiger partial charge in [0.15, 0.2) is 5.82 Å². The van der Waals surface area contributed by atoms with E-state index < -0.39 is 0 Å². The van der Waals surface area contributed by atoms with Crippen LogP contribution in [0.2, 0.25) is 0 Å². The van der Waals surface area contributed by atoms with E-state index in [0.29, 0.717) is 5.92 Å². The fourth-order valence-corrected chi connectivity index (χ4v) is 1.99. The van der Waals surface area contributed by atoms with E-state index in [2.05, 4.69) is 34.1 Å². The molecule has 19 heavy (non-hydrogen) atoms. The van der Waals surface area contributed by atoms with Gasteiger partial charge >= 0.3 is 0 Å². The Morgan fingerprint density at radius 3 is 2.68 bits per heavy atom. The van der Waals surface area contributed by atoms with Gasteiger partial charge in [0.2, 0.25) is 0 Å². The Hall–Kier alpha value is -1.97. The van der Waals surface area contributed by atoms with Gasteiger partial charge in [0, 0.05) is 36.8 Å². The first kappa shape index (κ1) is 13.5. The Labute approximate surface area is 114 Å². The van der Waals surface area contributed by atoms with Crippen LogP contribution in [0.5, 0.6) is 0 Å². The molecular weight excluding hydrogens is 236 g/mol. The molecule has 0 spiro atoms. The third kappa shape index (κ3) is 3.28. The second-order valence-corrected chi connectivity index (χ2v) is 5.11. The molecule has 0 atom stereocenters. The van der Waals surface area contributed by atoms with Crippen LogP contribution < -0.4 is 5.32 Å². The maximum Gasteiger partial charge on any atom is 0.162 e. The maximum absolute atomic E-state index is 4.67. The van der Waals surface area contributed by atoms with E-state index in [1.807, 2.05) is 32.3 Å². The highest BCUT2D eigenvalue weighted by molar-refractivity contribution is 5.60. The molecule has 0 amide bonds. The Bertz CT molecular complexity index is 564. The third-order valence-electron chi connectivity index (χ3n) is 2.91. The van der Waals surface area contributed by atoms with Crippen molar-refractivity contribution in [1.82, 2.24) is 15.0 Å². The molecule has 0 saturated heterocycles. The first-order chi connectivity index (χ1) is 9.10. The molecule has 0 aromatic carbocycles. The molecule has 2 aromatic heterocycles. The summed E-state index contributed by atoms with van der Waals surface area (Å²) in [6, 6.07) is 3.98. The highest BCUT2D eigenvalue weighted by Crippen LogP contribution is 2.21. The van der Waals surface area contributed by atoms with E-state index in [1.165, 1.54) is 0 Å². The van der Waals surface area contributed by atoms with Crippen LogP contribution in [0.25, 0.3) is 11.4 Å². The van der Waals surface area contributed by atoms with Gasteiger partial charge in [0.1, 0.15) is 5.82 Å². The van der Waals surface area contributed by atoms with Crippen molar-refractivity contribution >= 4 is 5.82 Å². The largest absolute Gasteiger partial charge is 0.373 e. The summed E-state index contributed by atoms with van der Waals surface area (Å²) in [5.41, 5.74) is 3.20. The summed E-state index contributed by atoms with van der Waals surface area (Å²) in [4.78, 5) is 13.3. The van der Waals surface area contributed by atoms with Crippen LogP contribution in [0.3, 0.4) is 0 Å². The highest BCUT2D eigenvalue weighted by atomic mass is 15.0. The number of pyridine rings is 1. The Morgan fingerprint density at radius 1 is 1.26 bits per heavy atom. The molecule has 4 heteroatoms. The average molecular weight is 256 g/mol. The zero-order valence-electron chi connectivity index (χ0n) is 11.9. The van der Waals surface area contributed by atoms with Crippen LogP contribution in [-0.2, 0) is 6.42 Å². The predicted molar refractivity (Wildman–Crippen MR) is 78.1 cm³/mol. The molecule has 0 radical (unpaired) electrons. The quantitative estimate of drug-likeness (QED) is 0.913. The van der Waals surface area contributed by atoms with Gasteiger partial charge < -0.3 is 5.32 Å². The molecule has 0 aliphatic heterocycles. The Kier molecular flexibility index (Phi) is 4.10. The van der Waals surface area contributed by atoms with Crippen molar-refractivity contribution < 1.29 is 0 Å². The minimum absolute atomic E-state index is 0.575. The fourth-order valence-electron chi connectivity index (χ4n) is 1.99. The third-order valence-corrected chi connectivity index (χ3v) is 2.91. The smallest absolute Gasteiger partial charge is 0.162 e. The number of aromatic nitrogens is 3. The van der Waals surface area contributed by atoms with Gasteiger partial charge in [-0.15, -0.1) is 0 Å². The normalized spacial score (nSPS) is 10.8. The maximum atomic E-state index is 4.67. The number of nitrogens with one attached hydrogen (secondary N) is 1. The number of aryl methyl sites for hydroxylation is 1. The van der Waals surface area contributed by atoms with Crippen molar-refractivity contribution in [3.63, 3.8) is 0 Å². The van der Waals surface area contributed by atoms with Gasteiger partial charge in [-0.1, -0.05) is 13.8 Å². The topological polar surface area (TPSA) is 50.7 Å². The standard InChI is InChI=1S/C15H20N4/c1-10(2)7-12-8-14(16-4)19-15(18-12)13-5-6-17-9-11(13)3/h5-6,8-10H,7H2,1-4H3,(H,16,18,19). The van der Waals surface area contributed by atoms with E-state index in [1.54, 1.807) is 6.20 Å². The van der Waals surface area contributed by atoms with Crippen molar-refractivity contribution in [2.75, 3.05) is 12.4 Å². The average Bonchev–Trinajstić information content (AvgIpc) is 2.38. The summed E-state index contributed by atoms with van der Waals surface area (Å²) >= 11 is 0. The van der Waals surface area contributed by atoms with Gasteiger partial charge in [-0.2, -0.15) is 0 Å². The van der Waals surface area contributed by atoms with Crippen LogP contribution in [0.1, 0.15) is 25.1 Å². The number of hydrogen-bond donors (Lipinski definition) is 1. The van der Waals surface area contributed by atoms with Crippen LogP contribution >= 0.6 is 0 Å². The van der Waals surface area contributed by atoms with E-state index in [0.717, 1.165) is 34.9 Å². The van der Waals surface area contributed by atoms with Gasteiger partial charge in [-0.25, -0.2) is 9.97 Å². The van der Waals surface area contributed by atoms with Gasteiger partial charge in [0.05, 0.1) is 0 Å². The zero-order chi connectivity index (χ0) is 13.8. The van der Waals surface area contributed by atoms with E-state index in [4.69, 9.17) is 0 Å². The molecule has 100 valence electrons. The summed E-state index contributed by atoms with van der Waals surface area (Å²) < 4.78 is 0. The van der Waals surface area contributed by atoms with Crippen molar-refractivity contribution in [2.24, 2.45) is 5.92 Å². The lowest BCUT2D eigenvalue weighted by Gasteiger charge is -2.10. The molecule has 0 aliphatic carbocycles. The lowest BCUT2D eigenvalue weighted by atomic mass is 10.1. The summed E-state index contributed by atoms with van der Waals surface area (Å²) in [7, 11) is 1.88. The molecule has 0 aliphatic rings. The van der Waals surface area contributed by atoms with Gasteiger partial charge in [-0.3, -0.25) is 4.98 Å². The zero-order valence-corrected chi connectivity index (χ0v) is 11.9. The Morgan fingerprint density at radius 2 is 2.05 bits per heavy atom. The summed E-state index contributed by atoms with van der Waals surface area (Å²) in [5, 5.41) is 3.10. The molecule has 2 aromatic rings. The Balaban J connectivity index is 2.48. The van der Waals surface area contributed by atoms with Crippen molar-refractivity contribution in [3.05, 3.63) is 35.8 Å².